The predicted octanol–water partition coefficient (Wildman–Crippen LogP) is 5.94. The fourth-order valence-electron chi connectivity index (χ4n) is 5.12. The SMILES string of the molecule is Cc1cn(-c2cc(CN3CC[C@H](N(C)C(=O)OC(C)(C)C)C3)cc(NC(=O)c3cc(-c4ccccc4)ccn3)c2)cn1. The summed E-state index contributed by atoms with van der Waals surface area (Å²) in [5.74, 6) is -0.280. The Balaban J connectivity index is 1.34. The van der Waals surface area contributed by atoms with E-state index in [1.165, 1.54) is 0 Å². The Kier molecular flexibility index (Phi) is 8.40. The number of imidazole rings is 1. The third kappa shape index (κ3) is 7.22. The maximum atomic E-state index is 13.3. The van der Waals surface area contributed by atoms with E-state index in [1.807, 2.05) is 87.0 Å². The number of ether oxygens (including phenoxy) is 1. The number of aromatic nitrogens is 3. The van der Waals surface area contributed by atoms with Gasteiger partial charge in [0.05, 0.1) is 12.0 Å². The predicted molar refractivity (Wildman–Crippen MR) is 164 cm³/mol. The number of aryl methyl sites for hydroxylation is 1. The largest absolute Gasteiger partial charge is 0.444 e. The number of hydrogen-bond donors (Lipinski definition) is 1. The normalized spacial score (nSPS) is 15.4. The lowest BCUT2D eigenvalue weighted by molar-refractivity contribution is 0.0228. The molecule has 2 amide bonds. The molecule has 0 unspecified atom stereocenters. The molecule has 2 aromatic carbocycles. The maximum Gasteiger partial charge on any atom is 0.410 e. The first kappa shape index (κ1) is 29.0. The van der Waals surface area contributed by atoms with Crippen LogP contribution in [-0.4, -0.2) is 68.1 Å². The lowest BCUT2D eigenvalue weighted by Gasteiger charge is -2.28. The molecule has 4 aromatic rings. The number of nitrogens with zero attached hydrogens (tertiary/aromatic N) is 5. The van der Waals surface area contributed by atoms with Crippen LogP contribution in [0.2, 0.25) is 0 Å². The Labute approximate surface area is 247 Å². The Morgan fingerprint density at radius 1 is 1.05 bits per heavy atom. The highest BCUT2D eigenvalue weighted by molar-refractivity contribution is 6.03. The van der Waals surface area contributed by atoms with Crippen molar-refractivity contribution in [1.29, 1.82) is 0 Å². The van der Waals surface area contributed by atoms with Crippen LogP contribution in [0.4, 0.5) is 10.5 Å². The van der Waals surface area contributed by atoms with Gasteiger partial charge in [-0.2, -0.15) is 0 Å². The van der Waals surface area contributed by atoms with E-state index < -0.39 is 5.60 Å². The van der Waals surface area contributed by atoms with Crippen molar-refractivity contribution >= 4 is 17.7 Å². The average Bonchev–Trinajstić information content (AvgIpc) is 3.61. The van der Waals surface area contributed by atoms with E-state index in [9.17, 15) is 9.59 Å². The molecule has 1 aliphatic heterocycles. The number of rotatable bonds is 7. The first-order chi connectivity index (χ1) is 20.0. The standard InChI is InChI=1S/C33H38N6O3/c1-23-19-39(22-35-23)29-16-24(20-38-14-12-28(21-38)37(5)32(41)42-33(2,3)4)15-27(18-29)36-31(40)30-17-26(11-13-34-30)25-9-7-6-8-10-25/h6-11,13,15-19,22,28H,12,14,20-21H2,1-5H3,(H,36,40)/t28-/m0/s1. The van der Waals surface area contributed by atoms with E-state index in [-0.39, 0.29) is 18.0 Å². The van der Waals surface area contributed by atoms with Gasteiger partial charge in [-0.25, -0.2) is 9.78 Å². The van der Waals surface area contributed by atoms with Gasteiger partial charge >= 0.3 is 6.09 Å². The number of carbonyl (C=O) groups excluding carboxylic acids is 2. The first-order valence-corrected chi connectivity index (χ1v) is 14.2. The molecule has 0 spiro atoms. The number of likely N-dealkylation sites (N-methyl/N-ethyl adjacent to an activating group) is 1. The Hall–Kier alpha value is -4.50. The number of amides is 2. The van der Waals surface area contributed by atoms with E-state index >= 15 is 0 Å². The van der Waals surface area contributed by atoms with Gasteiger partial charge in [0.15, 0.2) is 0 Å². The number of benzene rings is 2. The molecule has 0 aliphatic carbocycles. The summed E-state index contributed by atoms with van der Waals surface area (Å²) in [6, 6.07) is 19.7. The van der Waals surface area contributed by atoms with Crippen LogP contribution in [0.15, 0.2) is 79.4 Å². The molecule has 1 atom stereocenters. The summed E-state index contributed by atoms with van der Waals surface area (Å²) in [4.78, 5) is 38.7. The second-order valence-electron chi connectivity index (χ2n) is 11.8. The average molecular weight is 567 g/mol. The molecule has 0 saturated carbocycles. The summed E-state index contributed by atoms with van der Waals surface area (Å²) in [7, 11) is 1.80. The summed E-state index contributed by atoms with van der Waals surface area (Å²) in [6.45, 7) is 9.83. The first-order valence-electron chi connectivity index (χ1n) is 14.2. The summed E-state index contributed by atoms with van der Waals surface area (Å²) < 4.78 is 7.52. The second kappa shape index (κ2) is 12.2. The Morgan fingerprint density at radius 3 is 2.55 bits per heavy atom. The van der Waals surface area contributed by atoms with Crippen LogP contribution >= 0.6 is 0 Å². The highest BCUT2D eigenvalue weighted by Crippen LogP contribution is 2.25. The van der Waals surface area contributed by atoms with E-state index in [0.717, 1.165) is 47.6 Å². The molecular formula is C33H38N6O3. The summed E-state index contributed by atoms with van der Waals surface area (Å²) in [6.07, 6.45) is 5.94. The van der Waals surface area contributed by atoms with Crippen molar-refractivity contribution in [3.63, 3.8) is 0 Å². The van der Waals surface area contributed by atoms with Crippen molar-refractivity contribution in [2.45, 2.75) is 52.3 Å². The number of nitrogens with one attached hydrogen (secondary N) is 1. The summed E-state index contributed by atoms with van der Waals surface area (Å²) in [5, 5.41) is 3.06. The van der Waals surface area contributed by atoms with Crippen LogP contribution in [0, 0.1) is 6.92 Å². The minimum Gasteiger partial charge on any atom is -0.444 e. The minimum atomic E-state index is -0.533. The smallest absolute Gasteiger partial charge is 0.410 e. The van der Waals surface area contributed by atoms with Gasteiger partial charge in [0.25, 0.3) is 5.91 Å². The zero-order valence-electron chi connectivity index (χ0n) is 24.9. The molecule has 1 N–H and O–H groups in total. The van der Waals surface area contributed by atoms with Crippen molar-refractivity contribution in [2.24, 2.45) is 0 Å². The van der Waals surface area contributed by atoms with Crippen LogP contribution in [0.25, 0.3) is 16.8 Å². The number of anilines is 1. The van der Waals surface area contributed by atoms with Crippen molar-refractivity contribution in [1.82, 2.24) is 24.3 Å². The van der Waals surface area contributed by atoms with E-state index in [0.29, 0.717) is 17.9 Å². The molecule has 1 fully saturated rings. The molecule has 42 heavy (non-hydrogen) atoms. The van der Waals surface area contributed by atoms with E-state index in [4.69, 9.17) is 4.74 Å². The maximum absolute atomic E-state index is 13.3. The fraction of sp³-hybridized carbons (Fsp3) is 0.333. The molecule has 0 radical (unpaired) electrons. The van der Waals surface area contributed by atoms with Crippen LogP contribution in [0.3, 0.4) is 0 Å². The zero-order chi connectivity index (χ0) is 29.9. The third-order valence-electron chi connectivity index (χ3n) is 7.23. The molecule has 9 nitrogen and oxygen atoms in total. The number of pyridine rings is 1. The van der Waals surface area contributed by atoms with Gasteiger partial charge in [-0.3, -0.25) is 14.7 Å². The Bertz CT molecular complexity index is 1560. The van der Waals surface area contributed by atoms with Crippen molar-refractivity contribution in [3.05, 3.63) is 96.3 Å². The Morgan fingerprint density at radius 2 is 1.83 bits per heavy atom. The van der Waals surface area contributed by atoms with Crippen LogP contribution in [0.5, 0.6) is 0 Å². The lowest BCUT2D eigenvalue weighted by Crippen LogP contribution is -2.42. The topological polar surface area (TPSA) is 92.6 Å². The third-order valence-corrected chi connectivity index (χ3v) is 7.23. The van der Waals surface area contributed by atoms with Crippen LogP contribution < -0.4 is 5.32 Å². The number of hydrogen-bond acceptors (Lipinski definition) is 6. The van der Waals surface area contributed by atoms with Gasteiger partial charge in [0.2, 0.25) is 0 Å². The van der Waals surface area contributed by atoms with E-state index in [2.05, 4.69) is 26.3 Å². The molecule has 3 heterocycles. The highest BCUT2D eigenvalue weighted by atomic mass is 16.6. The second-order valence-corrected chi connectivity index (χ2v) is 11.8. The number of carbonyl (C=O) groups is 2. The van der Waals surface area contributed by atoms with Gasteiger partial charge in [-0.05, 0) is 81.1 Å². The van der Waals surface area contributed by atoms with Gasteiger partial charge < -0.3 is 19.5 Å². The summed E-state index contributed by atoms with van der Waals surface area (Å²) in [5.41, 5.74) is 5.28. The summed E-state index contributed by atoms with van der Waals surface area (Å²) >= 11 is 0. The van der Waals surface area contributed by atoms with Crippen molar-refractivity contribution in [3.8, 4) is 16.8 Å². The lowest BCUT2D eigenvalue weighted by atomic mass is 10.1. The molecule has 9 heteroatoms. The zero-order valence-corrected chi connectivity index (χ0v) is 24.9. The molecule has 5 rings (SSSR count). The monoisotopic (exact) mass is 566 g/mol. The molecule has 0 bridgehead atoms. The van der Waals surface area contributed by atoms with Crippen molar-refractivity contribution < 1.29 is 14.3 Å². The van der Waals surface area contributed by atoms with Gasteiger partial charge in [-0.15, -0.1) is 0 Å². The van der Waals surface area contributed by atoms with Gasteiger partial charge in [-0.1, -0.05) is 30.3 Å². The van der Waals surface area contributed by atoms with Gasteiger partial charge in [0.1, 0.15) is 11.3 Å². The van der Waals surface area contributed by atoms with Crippen LogP contribution in [0.1, 0.15) is 48.9 Å². The van der Waals surface area contributed by atoms with E-state index in [1.54, 1.807) is 30.5 Å². The molecular weight excluding hydrogens is 528 g/mol. The number of likely N-dealkylation sites (tertiary alicyclic amines) is 1. The molecule has 1 aliphatic rings. The van der Waals surface area contributed by atoms with Gasteiger partial charge in [0, 0.05) is 56.5 Å². The molecule has 218 valence electrons. The minimum absolute atomic E-state index is 0.0708. The van der Waals surface area contributed by atoms with Crippen molar-refractivity contribution in [2.75, 3.05) is 25.5 Å². The highest BCUT2D eigenvalue weighted by Gasteiger charge is 2.31. The van der Waals surface area contributed by atoms with Crippen LogP contribution in [-0.2, 0) is 11.3 Å². The quantitative estimate of drug-likeness (QED) is 0.298. The fourth-order valence-corrected chi connectivity index (χ4v) is 5.12. The molecule has 2 aromatic heterocycles. The molecule has 1 saturated heterocycles.